The van der Waals surface area contributed by atoms with Gasteiger partial charge in [0.05, 0.1) is 0 Å². The Morgan fingerprint density at radius 3 is 1.90 bits per heavy atom. The predicted octanol–water partition coefficient (Wildman–Crippen LogP) is 4.38. The molecule has 0 saturated carbocycles. The molecule has 0 aliphatic heterocycles. The van der Waals surface area contributed by atoms with Crippen molar-refractivity contribution < 1.29 is 9.59 Å². The third-order valence-electron chi connectivity index (χ3n) is 4.84. The van der Waals surface area contributed by atoms with E-state index in [2.05, 4.69) is 17.4 Å². The topological polar surface area (TPSA) is 49.4 Å². The van der Waals surface area contributed by atoms with Gasteiger partial charge in [0.1, 0.15) is 6.04 Å². The molecule has 0 spiro atoms. The van der Waals surface area contributed by atoms with E-state index in [1.807, 2.05) is 76.2 Å². The second-order valence-corrected chi connectivity index (χ2v) is 8.47. The maximum absolute atomic E-state index is 13.2. The summed E-state index contributed by atoms with van der Waals surface area (Å²) in [5, 5.41) is 3.04. The van der Waals surface area contributed by atoms with Crippen LogP contribution in [0.1, 0.15) is 51.7 Å². The number of carbonyl (C=O) groups is 2. The molecule has 4 nitrogen and oxygen atoms in total. The SMILES string of the molecule is CC[C@@H](C(=O)NC(C)(C)C)N(CCc1ccccc1)C(=O)CCc1ccccc1. The van der Waals surface area contributed by atoms with Crippen LogP contribution in [0.15, 0.2) is 60.7 Å². The van der Waals surface area contributed by atoms with Crippen LogP contribution in [0.3, 0.4) is 0 Å². The molecule has 0 unspecified atom stereocenters. The summed E-state index contributed by atoms with van der Waals surface area (Å²) in [4.78, 5) is 27.8. The van der Waals surface area contributed by atoms with E-state index in [0.29, 0.717) is 25.8 Å². The summed E-state index contributed by atoms with van der Waals surface area (Å²) in [5.74, 6) is -0.0539. The Bertz CT molecular complexity index is 766. The smallest absolute Gasteiger partial charge is 0.243 e. The number of nitrogens with one attached hydrogen (secondary N) is 1. The first-order chi connectivity index (χ1) is 13.8. The number of hydrogen-bond acceptors (Lipinski definition) is 2. The zero-order chi connectivity index (χ0) is 21.3. The first kappa shape index (κ1) is 22.7. The van der Waals surface area contributed by atoms with Crippen molar-refractivity contribution in [3.63, 3.8) is 0 Å². The average Bonchev–Trinajstić information content (AvgIpc) is 2.69. The molecule has 0 aromatic heterocycles. The average molecular weight is 395 g/mol. The van der Waals surface area contributed by atoms with Crippen LogP contribution in [0, 0.1) is 0 Å². The Labute approximate surface area is 175 Å². The highest BCUT2D eigenvalue weighted by Gasteiger charge is 2.30. The number of rotatable bonds is 9. The van der Waals surface area contributed by atoms with E-state index < -0.39 is 6.04 Å². The van der Waals surface area contributed by atoms with Crippen molar-refractivity contribution in [3.05, 3.63) is 71.8 Å². The summed E-state index contributed by atoms with van der Waals surface area (Å²) in [7, 11) is 0. The minimum atomic E-state index is -0.457. The Balaban J connectivity index is 2.13. The molecule has 0 saturated heterocycles. The summed E-state index contributed by atoms with van der Waals surface area (Å²) in [6, 6.07) is 19.7. The van der Waals surface area contributed by atoms with Crippen LogP contribution in [-0.2, 0) is 22.4 Å². The number of benzene rings is 2. The molecule has 0 heterocycles. The van der Waals surface area contributed by atoms with Crippen LogP contribution >= 0.6 is 0 Å². The zero-order valence-corrected chi connectivity index (χ0v) is 18.2. The first-order valence-electron chi connectivity index (χ1n) is 10.5. The molecule has 0 bridgehead atoms. The van der Waals surface area contributed by atoms with Gasteiger partial charge in [-0.2, -0.15) is 0 Å². The number of nitrogens with zero attached hydrogens (tertiary/aromatic N) is 1. The van der Waals surface area contributed by atoms with Gasteiger partial charge >= 0.3 is 0 Å². The monoisotopic (exact) mass is 394 g/mol. The van der Waals surface area contributed by atoms with Crippen molar-refractivity contribution in [1.29, 1.82) is 0 Å². The summed E-state index contributed by atoms with van der Waals surface area (Å²) in [5.41, 5.74) is 1.97. The van der Waals surface area contributed by atoms with E-state index >= 15 is 0 Å². The zero-order valence-electron chi connectivity index (χ0n) is 18.2. The van der Waals surface area contributed by atoms with E-state index in [0.717, 1.165) is 12.0 Å². The molecule has 0 radical (unpaired) electrons. The molecule has 156 valence electrons. The second kappa shape index (κ2) is 10.8. The van der Waals surface area contributed by atoms with Gasteiger partial charge < -0.3 is 10.2 Å². The maximum atomic E-state index is 13.2. The molecular formula is C25H34N2O2. The number of amides is 2. The summed E-state index contributed by atoms with van der Waals surface area (Å²) < 4.78 is 0. The van der Waals surface area contributed by atoms with E-state index in [-0.39, 0.29) is 17.4 Å². The van der Waals surface area contributed by atoms with Crippen molar-refractivity contribution in [2.45, 2.75) is 65.0 Å². The largest absolute Gasteiger partial charge is 0.350 e. The summed E-state index contributed by atoms with van der Waals surface area (Å²) >= 11 is 0. The van der Waals surface area contributed by atoms with E-state index in [1.54, 1.807) is 4.90 Å². The molecule has 29 heavy (non-hydrogen) atoms. The van der Waals surface area contributed by atoms with E-state index in [1.165, 1.54) is 5.56 Å². The highest BCUT2D eigenvalue weighted by molar-refractivity contribution is 5.88. The van der Waals surface area contributed by atoms with Crippen LogP contribution in [0.5, 0.6) is 0 Å². The van der Waals surface area contributed by atoms with Gasteiger partial charge in [-0.3, -0.25) is 9.59 Å². The van der Waals surface area contributed by atoms with E-state index in [4.69, 9.17) is 0 Å². The van der Waals surface area contributed by atoms with Crippen LogP contribution in [-0.4, -0.2) is 34.8 Å². The maximum Gasteiger partial charge on any atom is 0.243 e. The Morgan fingerprint density at radius 1 is 0.897 bits per heavy atom. The van der Waals surface area contributed by atoms with Crippen molar-refractivity contribution >= 4 is 11.8 Å². The number of hydrogen-bond donors (Lipinski definition) is 1. The molecule has 2 rings (SSSR count). The lowest BCUT2D eigenvalue weighted by molar-refractivity contribution is -0.141. The third-order valence-corrected chi connectivity index (χ3v) is 4.84. The van der Waals surface area contributed by atoms with Crippen LogP contribution in [0.4, 0.5) is 0 Å². The minimum Gasteiger partial charge on any atom is -0.350 e. The van der Waals surface area contributed by atoms with Gasteiger partial charge in [0.15, 0.2) is 0 Å². The standard InChI is InChI=1S/C25H34N2O2/c1-5-22(24(29)26-25(2,3)4)27(19-18-21-14-10-7-11-15-21)23(28)17-16-20-12-8-6-9-13-20/h6-15,22H,5,16-19H2,1-4H3,(H,26,29)/t22-/m0/s1. The van der Waals surface area contributed by atoms with Crippen LogP contribution in [0.25, 0.3) is 0 Å². The molecule has 1 atom stereocenters. The van der Waals surface area contributed by atoms with Gasteiger partial charge in [-0.25, -0.2) is 0 Å². The molecule has 1 N–H and O–H groups in total. The highest BCUT2D eigenvalue weighted by atomic mass is 16.2. The van der Waals surface area contributed by atoms with Gasteiger partial charge in [0.25, 0.3) is 0 Å². The molecule has 2 aromatic rings. The number of aryl methyl sites for hydroxylation is 1. The summed E-state index contributed by atoms with van der Waals surface area (Å²) in [6.07, 6.45) is 2.40. The van der Waals surface area contributed by atoms with Gasteiger partial charge in [-0.05, 0) is 51.2 Å². The minimum absolute atomic E-state index is 0.0284. The number of carbonyl (C=O) groups excluding carboxylic acids is 2. The van der Waals surface area contributed by atoms with Crippen molar-refractivity contribution in [1.82, 2.24) is 10.2 Å². The lowest BCUT2D eigenvalue weighted by atomic mass is 10.0. The second-order valence-electron chi connectivity index (χ2n) is 8.47. The molecular weight excluding hydrogens is 360 g/mol. The molecule has 2 aromatic carbocycles. The van der Waals surface area contributed by atoms with Crippen LogP contribution < -0.4 is 5.32 Å². The lowest BCUT2D eigenvalue weighted by Gasteiger charge is -2.33. The Morgan fingerprint density at radius 2 is 1.41 bits per heavy atom. The molecule has 0 aliphatic carbocycles. The Hall–Kier alpha value is -2.62. The Kier molecular flexibility index (Phi) is 8.44. The van der Waals surface area contributed by atoms with Gasteiger partial charge in [0.2, 0.25) is 11.8 Å². The first-order valence-corrected chi connectivity index (χ1v) is 10.5. The van der Waals surface area contributed by atoms with Gasteiger partial charge in [0, 0.05) is 18.5 Å². The van der Waals surface area contributed by atoms with Gasteiger partial charge in [-0.1, -0.05) is 67.6 Å². The van der Waals surface area contributed by atoms with Crippen molar-refractivity contribution in [2.75, 3.05) is 6.54 Å². The van der Waals surface area contributed by atoms with Gasteiger partial charge in [-0.15, -0.1) is 0 Å². The normalized spacial score (nSPS) is 12.3. The summed E-state index contributed by atoms with van der Waals surface area (Å²) in [6.45, 7) is 8.38. The quantitative estimate of drug-likeness (QED) is 0.686. The highest BCUT2D eigenvalue weighted by Crippen LogP contribution is 2.14. The molecule has 0 aliphatic rings. The predicted molar refractivity (Wildman–Crippen MR) is 119 cm³/mol. The van der Waals surface area contributed by atoms with Crippen LogP contribution in [0.2, 0.25) is 0 Å². The fourth-order valence-electron chi connectivity index (χ4n) is 3.39. The fraction of sp³-hybridized carbons (Fsp3) is 0.440. The van der Waals surface area contributed by atoms with Crippen molar-refractivity contribution in [3.8, 4) is 0 Å². The molecule has 2 amide bonds. The third kappa shape index (κ3) is 7.72. The molecule has 0 fully saturated rings. The van der Waals surface area contributed by atoms with E-state index in [9.17, 15) is 9.59 Å². The lowest BCUT2D eigenvalue weighted by Crippen LogP contribution is -2.54. The van der Waals surface area contributed by atoms with Crippen molar-refractivity contribution in [2.24, 2.45) is 0 Å². The fourth-order valence-corrected chi connectivity index (χ4v) is 3.39. The molecule has 4 heteroatoms.